The average Bonchev–Trinajstić information content (AvgIpc) is 2.49. The van der Waals surface area contributed by atoms with Crippen LogP contribution >= 0.6 is 20.2 Å². The summed E-state index contributed by atoms with van der Waals surface area (Å²) in [6.07, 6.45) is 8.82. The second-order valence-electron chi connectivity index (χ2n) is 2.71. The van der Waals surface area contributed by atoms with Crippen molar-refractivity contribution in [2.24, 2.45) is 7.05 Å². The van der Waals surface area contributed by atoms with Gasteiger partial charge in [-0.3, -0.25) is 0 Å². The number of hydrogen-bond donors (Lipinski definition) is 0. The molecule has 0 aliphatic carbocycles. The van der Waals surface area contributed by atoms with E-state index in [-0.39, 0.29) is 0 Å². The van der Waals surface area contributed by atoms with Gasteiger partial charge in [0.25, 0.3) is 0 Å². The molecule has 0 atom stereocenters. The second kappa shape index (κ2) is 8.89. The van der Waals surface area contributed by atoms with Crippen molar-refractivity contribution in [1.29, 1.82) is 0 Å². The summed E-state index contributed by atoms with van der Waals surface area (Å²) in [5, 5.41) is 0. The van der Waals surface area contributed by atoms with E-state index in [2.05, 4.69) is 55.0 Å². The first-order chi connectivity index (χ1) is 6.24. The summed E-state index contributed by atoms with van der Waals surface area (Å²) in [4.78, 5) is 0. The van der Waals surface area contributed by atoms with Crippen molar-refractivity contribution in [3.63, 3.8) is 0 Å². The Morgan fingerprint density at radius 3 is 2.46 bits per heavy atom. The minimum atomic E-state index is 0.757. The van der Waals surface area contributed by atoms with Crippen LogP contribution in [-0.4, -0.2) is 4.57 Å². The molecule has 81 valence electrons. The zero-order valence-electron chi connectivity index (χ0n) is 7.81. The second-order valence-corrected chi connectivity index (χ2v) is 4.27. The fraction of sp³-hybridized carbons (Fsp3) is 0.625. The number of unbranched alkanes of at least 4 members (excludes halogenated alkanes) is 1. The summed E-state index contributed by atoms with van der Waals surface area (Å²) >= 11 is 0.757. The summed E-state index contributed by atoms with van der Waals surface area (Å²) in [5.41, 5.74) is 0. The fourth-order valence-electron chi connectivity index (χ4n) is 0.975. The van der Waals surface area contributed by atoms with Crippen molar-refractivity contribution in [3.8, 4) is 0 Å². The Morgan fingerprint density at radius 2 is 2.08 bits per heavy atom. The van der Waals surface area contributed by atoms with E-state index in [1.807, 2.05) is 7.05 Å². The van der Waals surface area contributed by atoms with Crippen LogP contribution in [0.3, 0.4) is 0 Å². The van der Waals surface area contributed by atoms with Crippen molar-refractivity contribution in [3.05, 3.63) is 18.7 Å². The molecule has 2 nitrogen and oxygen atoms in total. The number of aromatic nitrogens is 2. The molecule has 5 heteroatoms. The Bertz CT molecular complexity index is 216. The third-order valence-corrected chi connectivity index (χ3v) is 1.59. The normalized spacial score (nSPS) is 9.54. The number of nitrogens with zero attached hydrogens (tertiary/aromatic N) is 2. The van der Waals surface area contributed by atoms with Gasteiger partial charge in [-0.05, 0) is 6.42 Å². The van der Waals surface area contributed by atoms with Gasteiger partial charge in [-0.15, -0.1) is 0 Å². The molecule has 0 radical (unpaired) electrons. The quantitative estimate of drug-likeness (QED) is 0.591. The summed E-state index contributed by atoms with van der Waals surface area (Å²) in [6, 6.07) is 0. The number of halogens is 2. The van der Waals surface area contributed by atoms with E-state index in [9.17, 15) is 0 Å². The van der Waals surface area contributed by atoms with Crippen LogP contribution in [0.1, 0.15) is 19.8 Å². The van der Waals surface area contributed by atoms with E-state index < -0.39 is 0 Å². The van der Waals surface area contributed by atoms with Gasteiger partial charge < -0.3 is 0 Å². The SMILES string of the molecule is CCCC[n+]1ccn(C)c1.[Cl][Cu][Cl]. The molecule has 0 aliphatic rings. The molecule has 1 aromatic rings. The minimum absolute atomic E-state index is 0.757. The van der Waals surface area contributed by atoms with Gasteiger partial charge >= 0.3 is 33.3 Å². The molecule has 0 spiro atoms. The number of rotatable bonds is 3. The van der Waals surface area contributed by atoms with Gasteiger partial charge in [0.2, 0.25) is 6.33 Å². The zero-order chi connectivity index (χ0) is 10.1. The van der Waals surface area contributed by atoms with Crippen LogP contribution in [0.25, 0.3) is 0 Å². The van der Waals surface area contributed by atoms with Crippen molar-refractivity contribution in [2.45, 2.75) is 26.3 Å². The molecule has 0 fully saturated rings. The Hall–Kier alpha value is 0.309. The Balaban J connectivity index is 0.000000424. The van der Waals surface area contributed by atoms with E-state index in [4.69, 9.17) is 0 Å². The number of hydrogen-bond acceptors (Lipinski definition) is 0. The molecule has 0 unspecified atom stereocenters. The van der Waals surface area contributed by atoms with E-state index in [1.54, 1.807) is 0 Å². The van der Waals surface area contributed by atoms with E-state index in [1.165, 1.54) is 12.8 Å². The maximum atomic E-state index is 4.67. The first kappa shape index (κ1) is 13.3. The summed E-state index contributed by atoms with van der Waals surface area (Å²) in [6.45, 7) is 3.36. The van der Waals surface area contributed by atoms with Crippen LogP contribution in [0, 0.1) is 0 Å². The molecular formula is C8H15Cl2CuN2+. The molecule has 0 bridgehead atoms. The van der Waals surface area contributed by atoms with Crippen molar-refractivity contribution in [1.82, 2.24) is 4.57 Å². The van der Waals surface area contributed by atoms with Gasteiger partial charge in [0.05, 0.1) is 13.6 Å². The van der Waals surface area contributed by atoms with Gasteiger partial charge in [-0.25, -0.2) is 9.13 Å². The Labute approximate surface area is 94.5 Å². The molecule has 1 heterocycles. The van der Waals surface area contributed by atoms with Gasteiger partial charge in [-0.1, -0.05) is 13.3 Å². The summed E-state index contributed by atoms with van der Waals surface area (Å²) in [5.74, 6) is 0. The van der Waals surface area contributed by atoms with E-state index in [0.29, 0.717) is 0 Å². The van der Waals surface area contributed by atoms with Gasteiger partial charge in [0.15, 0.2) is 0 Å². The summed E-state index contributed by atoms with van der Waals surface area (Å²) in [7, 11) is 11.4. The number of imidazole rings is 1. The van der Waals surface area contributed by atoms with Crippen LogP contribution in [0.5, 0.6) is 0 Å². The van der Waals surface area contributed by atoms with Crippen LogP contribution in [0.2, 0.25) is 0 Å². The van der Waals surface area contributed by atoms with Crippen LogP contribution in [0.15, 0.2) is 18.7 Å². The maximum absolute atomic E-state index is 4.67. The molecule has 0 saturated carbocycles. The molecule has 1 aromatic heterocycles. The topological polar surface area (TPSA) is 8.81 Å². The fourth-order valence-corrected chi connectivity index (χ4v) is 0.975. The van der Waals surface area contributed by atoms with Crippen LogP contribution in [-0.2, 0) is 26.7 Å². The molecular weight excluding hydrogens is 259 g/mol. The van der Waals surface area contributed by atoms with Crippen molar-refractivity contribution >= 4 is 20.2 Å². The molecule has 0 aromatic carbocycles. The van der Waals surface area contributed by atoms with Gasteiger partial charge in [0, 0.05) is 0 Å². The van der Waals surface area contributed by atoms with Gasteiger partial charge in [-0.2, -0.15) is 0 Å². The Kier molecular flexibility index (Phi) is 9.10. The molecule has 13 heavy (non-hydrogen) atoms. The monoisotopic (exact) mass is 272 g/mol. The van der Waals surface area contributed by atoms with E-state index >= 15 is 0 Å². The third kappa shape index (κ3) is 7.39. The predicted molar refractivity (Wildman–Crippen MR) is 52.2 cm³/mol. The van der Waals surface area contributed by atoms with Crippen molar-refractivity contribution < 1.29 is 17.7 Å². The standard InChI is InChI=1S/C8H15N2.2ClH.Cu/c1-3-4-5-10-7-6-9(2)8-10;;;/h6-8H,3-5H2,1-2H3;2*1H;/q+1;;;+2/p-2. The first-order valence-corrected chi connectivity index (χ1v) is 6.66. The molecule has 0 amide bonds. The van der Waals surface area contributed by atoms with Gasteiger partial charge in [0.1, 0.15) is 12.4 Å². The molecule has 0 saturated heterocycles. The Morgan fingerprint density at radius 1 is 1.46 bits per heavy atom. The zero-order valence-corrected chi connectivity index (χ0v) is 10.3. The molecule has 0 N–H and O–H groups in total. The summed E-state index contributed by atoms with van der Waals surface area (Å²) < 4.78 is 4.28. The van der Waals surface area contributed by atoms with Crippen LogP contribution < -0.4 is 4.57 Å². The van der Waals surface area contributed by atoms with E-state index in [0.717, 1.165) is 19.7 Å². The molecule has 0 aliphatic heterocycles. The van der Waals surface area contributed by atoms with Crippen molar-refractivity contribution in [2.75, 3.05) is 0 Å². The predicted octanol–water partition coefficient (Wildman–Crippen LogP) is 2.49. The average molecular weight is 274 g/mol. The third-order valence-electron chi connectivity index (χ3n) is 1.59. The first-order valence-electron chi connectivity index (χ1n) is 4.06. The number of aryl methyl sites for hydroxylation is 2. The van der Waals surface area contributed by atoms with Crippen LogP contribution in [0.4, 0.5) is 0 Å². The molecule has 1 rings (SSSR count).